The molecule has 3 aromatic carbocycles. The third kappa shape index (κ3) is 7.94. The van der Waals surface area contributed by atoms with Gasteiger partial charge in [0, 0.05) is 53.5 Å². The van der Waals surface area contributed by atoms with Gasteiger partial charge in [-0.05, 0) is 62.9 Å². The molecule has 0 saturated heterocycles. The van der Waals surface area contributed by atoms with E-state index in [0.717, 1.165) is 25.3 Å². The number of halogens is 4. The first-order valence-electron chi connectivity index (χ1n) is 15.4. The molecule has 4 aromatic rings. The van der Waals surface area contributed by atoms with Crippen molar-refractivity contribution in [3.8, 4) is 17.0 Å². The van der Waals surface area contributed by atoms with Gasteiger partial charge in [0.1, 0.15) is 23.1 Å². The van der Waals surface area contributed by atoms with Gasteiger partial charge >= 0.3 is 0 Å². The van der Waals surface area contributed by atoms with Gasteiger partial charge in [0.2, 0.25) is 0 Å². The molecule has 1 aliphatic rings. The average molecular weight is 665 g/mol. The number of aromatic nitrogens is 1. The standard InChI is InChI=1S/C36H36ClF3N4O3/c1-4-12-42-18-22-13-21(14-31(33(22)41)47-23-10-11-23)35(45)43-19-25(20-8-6-5-7-9-20)30-16-26(36(2,3)46)32(40)34(44-30)24-15-27(37)29(39)17-28(24)38/h5-9,13-18,23,25,46H,4,10-12,19,41H2,1-3H3,(H,43,45). The maximum atomic E-state index is 15.9. The van der Waals surface area contributed by atoms with Crippen molar-refractivity contribution in [3.63, 3.8) is 0 Å². The first-order valence-corrected chi connectivity index (χ1v) is 15.8. The highest BCUT2D eigenvalue weighted by Crippen LogP contribution is 2.37. The molecular formula is C36H36ClF3N4O3. The van der Waals surface area contributed by atoms with Crippen LogP contribution in [-0.4, -0.2) is 41.4 Å². The predicted octanol–water partition coefficient (Wildman–Crippen LogP) is 7.56. The molecule has 4 N–H and O–H groups in total. The van der Waals surface area contributed by atoms with Crippen LogP contribution in [-0.2, 0) is 5.60 Å². The van der Waals surface area contributed by atoms with E-state index in [1.54, 1.807) is 30.5 Å². The van der Waals surface area contributed by atoms with Gasteiger partial charge < -0.3 is 20.9 Å². The highest BCUT2D eigenvalue weighted by molar-refractivity contribution is 6.31. The lowest BCUT2D eigenvalue weighted by Crippen LogP contribution is -2.30. The largest absolute Gasteiger partial charge is 0.488 e. The third-order valence-electron chi connectivity index (χ3n) is 7.76. The lowest BCUT2D eigenvalue weighted by atomic mass is 9.89. The number of amides is 1. The molecule has 0 radical (unpaired) electrons. The van der Waals surface area contributed by atoms with E-state index in [4.69, 9.17) is 22.1 Å². The Bertz CT molecular complexity index is 1810. The number of rotatable bonds is 12. The quantitative estimate of drug-likeness (QED) is 0.0823. The number of anilines is 1. The Labute approximate surface area is 276 Å². The topological polar surface area (TPSA) is 110 Å². The van der Waals surface area contributed by atoms with Crippen LogP contribution in [0.15, 0.2) is 65.7 Å². The van der Waals surface area contributed by atoms with Crippen LogP contribution in [0.3, 0.4) is 0 Å². The van der Waals surface area contributed by atoms with E-state index in [0.29, 0.717) is 40.7 Å². The van der Waals surface area contributed by atoms with Crippen LogP contribution in [0.1, 0.15) is 78.7 Å². The molecular weight excluding hydrogens is 629 g/mol. The molecule has 246 valence electrons. The smallest absolute Gasteiger partial charge is 0.251 e. The molecule has 0 spiro atoms. The monoisotopic (exact) mass is 664 g/mol. The summed E-state index contributed by atoms with van der Waals surface area (Å²) < 4.78 is 51.0. The number of nitrogens with zero attached hydrogens (tertiary/aromatic N) is 2. The number of nitrogens with two attached hydrogens (primary N) is 1. The molecule has 47 heavy (non-hydrogen) atoms. The van der Waals surface area contributed by atoms with Crippen molar-refractivity contribution in [1.29, 1.82) is 0 Å². The second kappa shape index (κ2) is 14.1. The number of nitrogens with one attached hydrogen (secondary N) is 1. The van der Waals surface area contributed by atoms with Gasteiger partial charge in [0.25, 0.3) is 5.91 Å². The lowest BCUT2D eigenvalue weighted by molar-refractivity contribution is 0.0743. The highest BCUT2D eigenvalue weighted by atomic mass is 35.5. The number of aliphatic imine (C=N–C) groups is 1. The Kier molecular flexibility index (Phi) is 10.2. The summed E-state index contributed by atoms with van der Waals surface area (Å²) in [5.41, 5.74) is 5.85. The van der Waals surface area contributed by atoms with E-state index in [1.165, 1.54) is 19.9 Å². The van der Waals surface area contributed by atoms with Crippen LogP contribution in [0.25, 0.3) is 11.3 Å². The van der Waals surface area contributed by atoms with Crippen molar-refractivity contribution in [2.45, 2.75) is 57.7 Å². The minimum Gasteiger partial charge on any atom is -0.488 e. The molecule has 1 heterocycles. The Hall–Kier alpha value is -4.41. The van der Waals surface area contributed by atoms with Gasteiger partial charge in [0.15, 0.2) is 5.82 Å². The normalized spacial score (nSPS) is 14.0. The maximum Gasteiger partial charge on any atom is 0.251 e. The van der Waals surface area contributed by atoms with Gasteiger partial charge in [-0.1, -0.05) is 48.9 Å². The fourth-order valence-electron chi connectivity index (χ4n) is 5.07. The lowest BCUT2D eigenvalue weighted by Gasteiger charge is -2.25. The molecule has 1 unspecified atom stereocenters. The van der Waals surface area contributed by atoms with Gasteiger partial charge in [-0.15, -0.1) is 0 Å². The van der Waals surface area contributed by atoms with Crippen molar-refractivity contribution in [2.24, 2.45) is 4.99 Å². The number of aliphatic hydroxyl groups is 1. The summed E-state index contributed by atoms with van der Waals surface area (Å²) in [6, 6.07) is 15.2. The van der Waals surface area contributed by atoms with E-state index in [2.05, 4.69) is 15.3 Å². The average Bonchev–Trinajstić information content (AvgIpc) is 3.85. The molecule has 5 rings (SSSR count). The zero-order valence-electron chi connectivity index (χ0n) is 26.3. The van der Waals surface area contributed by atoms with Crippen LogP contribution in [0.5, 0.6) is 5.75 Å². The number of pyridine rings is 1. The summed E-state index contributed by atoms with van der Waals surface area (Å²) in [6.07, 6.45) is 4.33. The molecule has 1 aromatic heterocycles. The molecule has 1 aliphatic carbocycles. The second-order valence-electron chi connectivity index (χ2n) is 12.1. The Morgan fingerprint density at radius 1 is 1.15 bits per heavy atom. The van der Waals surface area contributed by atoms with Crippen LogP contribution < -0.4 is 15.8 Å². The van der Waals surface area contributed by atoms with Gasteiger partial charge in [-0.3, -0.25) is 9.79 Å². The summed E-state index contributed by atoms with van der Waals surface area (Å²) >= 11 is 5.94. The van der Waals surface area contributed by atoms with Gasteiger partial charge in [0.05, 0.1) is 28.1 Å². The zero-order chi connectivity index (χ0) is 33.9. The molecule has 1 atom stereocenters. The fraction of sp³-hybridized carbons (Fsp3) is 0.306. The molecule has 1 saturated carbocycles. The Morgan fingerprint density at radius 2 is 1.87 bits per heavy atom. The Morgan fingerprint density at radius 3 is 2.53 bits per heavy atom. The molecule has 7 nitrogen and oxygen atoms in total. The van der Waals surface area contributed by atoms with Gasteiger partial charge in [-0.25, -0.2) is 18.2 Å². The minimum absolute atomic E-state index is 0.0126. The van der Waals surface area contributed by atoms with Crippen LogP contribution in [0.2, 0.25) is 5.02 Å². The first kappa shape index (κ1) is 33.9. The number of hydrogen-bond acceptors (Lipinski definition) is 6. The molecule has 11 heteroatoms. The van der Waals surface area contributed by atoms with Crippen LogP contribution >= 0.6 is 11.6 Å². The molecule has 0 aliphatic heterocycles. The molecule has 1 fully saturated rings. The van der Waals surface area contributed by atoms with E-state index in [9.17, 15) is 14.3 Å². The van der Waals surface area contributed by atoms with Crippen LogP contribution in [0, 0.1) is 17.5 Å². The summed E-state index contributed by atoms with van der Waals surface area (Å²) in [6.45, 7) is 5.36. The number of carbonyl (C=O) groups is 1. The summed E-state index contributed by atoms with van der Waals surface area (Å²) in [4.78, 5) is 22.5. The van der Waals surface area contributed by atoms with Gasteiger partial charge in [-0.2, -0.15) is 0 Å². The summed E-state index contributed by atoms with van der Waals surface area (Å²) in [5.74, 6) is -3.78. The summed E-state index contributed by atoms with van der Waals surface area (Å²) in [7, 11) is 0. The number of carbonyl (C=O) groups excluding carboxylic acids is 1. The van der Waals surface area contributed by atoms with Crippen molar-refractivity contribution in [1.82, 2.24) is 10.3 Å². The van der Waals surface area contributed by atoms with Crippen molar-refractivity contribution >= 4 is 29.4 Å². The van der Waals surface area contributed by atoms with E-state index >= 15 is 8.78 Å². The zero-order valence-corrected chi connectivity index (χ0v) is 27.0. The highest BCUT2D eigenvalue weighted by Gasteiger charge is 2.30. The van der Waals surface area contributed by atoms with Crippen LogP contribution in [0.4, 0.5) is 18.9 Å². The number of benzene rings is 3. The molecule has 1 amide bonds. The first-order chi connectivity index (χ1) is 22.4. The van der Waals surface area contributed by atoms with Crippen molar-refractivity contribution < 1.29 is 27.8 Å². The van der Waals surface area contributed by atoms with E-state index in [1.807, 2.05) is 25.1 Å². The second-order valence-corrected chi connectivity index (χ2v) is 12.5. The number of nitrogen functional groups attached to an aromatic ring is 1. The predicted molar refractivity (Wildman–Crippen MR) is 178 cm³/mol. The fourth-order valence-corrected chi connectivity index (χ4v) is 5.24. The number of hydrogen-bond donors (Lipinski definition) is 3. The maximum absolute atomic E-state index is 15.9. The Balaban J connectivity index is 1.56. The number of ether oxygens (including phenoxy) is 1. The van der Waals surface area contributed by atoms with E-state index in [-0.39, 0.29) is 29.5 Å². The van der Waals surface area contributed by atoms with Crippen molar-refractivity contribution in [2.75, 3.05) is 18.8 Å². The van der Waals surface area contributed by atoms with E-state index < -0.39 is 45.6 Å². The van der Waals surface area contributed by atoms with Crippen molar-refractivity contribution in [3.05, 3.63) is 111 Å². The summed E-state index contributed by atoms with van der Waals surface area (Å²) in [5, 5.41) is 13.4. The third-order valence-corrected chi connectivity index (χ3v) is 8.05. The SMILES string of the molecule is CCCN=Cc1cc(C(=O)NCC(c2ccccc2)c2cc(C(C)(C)O)c(F)c(-c3cc(Cl)c(F)cc3F)n2)cc(OC2CC2)c1N. The minimum atomic E-state index is -1.71. The molecule has 0 bridgehead atoms.